The van der Waals surface area contributed by atoms with Gasteiger partial charge in [-0.25, -0.2) is 0 Å². The predicted octanol–water partition coefficient (Wildman–Crippen LogP) is 5.01. The number of benzene rings is 2. The maximum absolute atomic E-state index is 13.5. The molecule has 2 fully saturated rings. The van der Waals surface area contributed by atoms with Crippen LogP contribution in [0.1, 0.15) is 34.3 Å². The lowest BCUT2D eigenvalue weighted by molar-refractivity contribution is 0.0730. The zero-order valence-corrected chi connectivity index (χ0v) is 18.6. The van der Waals surface area contributed by atoms with Crippen molar-refractivity contribution in [3.05, 3.63) is 71.3 Å². The van der Waals surface area contributed by atoms with Crippen LogP contribution in [0.2, 0.25) is 0 Å². The van der Waals surface area contributed by atoms with E-state index in [0.29, 0.717) is 6.54 Å². The lowest BCUT2D eigenvalue weighted by Gasteiger charge is -2.28. The Morgan fingerprint density at radius 3 is 2.48 bits per heavy atom. The molecule has 0 unspecified atom stereocenters. The largest absolute Gasteiger partial charge is 0.339 e. The molecule has 2 heterocycles. The summed E-state index contributed by atoms with van der Waals surface area (Å²) >= 11 is 1.97. The highest BCUT2D eigenvalue weighted by Gasteiger charge is 2.36. The molecule has 31 heavy (non-hydrogen) atoms. The molecule has 1 saturated carbocycles. The fraction of sp³-hybridized carbons (Fsp3) is 0.360. The lowest BCUT2D eigenvalue weighted by atomic mass is 10.1. The normalized spacial score (nSPS) is 16.4. The Morgan fingerprint density at radius 1 is 1.10 bits per heavy atom. The molecular formula is C25H27N3O2S. The van der Waals surface area contributed by atoms with E-state index in [-0.39, 0.29) is 11.9 Å². The fourth-order valence-corrected chi connectivity index (χ4v) is 4.97. The van der Waals surface area contributed by atoms with E-state index in [9.17, 15) is 4.79 Å². The third-order valence-electron chi connectivity index (χ3n) is 5.99. The summed E-state index contributed by atoms with van der Waals surface area (Å²) in [5, 5.41) is 4.48. The van der Waals surface area contributed by atoms with Crippen LogP contribution in [-0.4, -0.2) is 46.6 Å². The quantitative estimate of drug-likeness (QED) is 0.547. The molecule has 1 aliphatic heterocycles. The van der Waals surface area contributed by atoms with Crippen LogP contribution in [-0.2, 0) is 6.54 Å². The first-order valence-electron chi connectivity index (χ1n) is 10.9. The summed E-state index contributed by atoms with van der Waals surface area (Å²) in [6.07, 6.45) is 2.11. The number of carbonyl (C=O) groups is 1. The van der Waals surface area contributed by atoms with Gasteiger partial charge in [-0.05, 0) is 31.9 Å². The molecule has 1 saturated heterocycles. The average molecular weight is 434 g/mol. The second-order valence-corrected chi connectivity index (χ2v) is 9.54. The van der Waals surface area contributed by atoms with Gasteiger partial charge in [-0.15, -0.1) is 0 Å². The number of hydrogen-bond acceptors (Lipinski definition) is 5. The minimum Gasteiger partial charge on any atom is -0.339 e. The molecule has 160 valence electrons. The van der Waals surface area contributed by atoms with E-state index in [1.807, 2.05) is 66.1 Å². The molecule has 1 aromatic heterocycles. The summed E-state index contributed by atoms with van der Waals surface area (Å²) in [6.45, 7) is 4.44. The van der Waals surface area contributed by atoms with E-state index in [1.54, 1.807) is 0 Å². The third-order valence-corrected chi connectivity index (χ3v) is 6.93. The Bertz CT molecular complexity index is 1040. The highest BCUT2D eigenvalue weighted by Crippen LogP contribution is 2.37. The van der Waals surface area contributed by atoms with Crippen molar-refractivity contribution >= 4 is 23.6 Å². The molecule has 0 spiro atoms. The second kappa shape index (κ2) is 8.79. The van der Waals surface area contributed by atoms with Crippen LogP contribution in [0.3, 0.4) is 0 Å². The van der Waals surface area contributed by atoms with Crippen LogP contribution in [0, 0.1) is 6.92 Å². The monoisotopic (exact) mass is 433 g/mol. The van der Waals surface area contributed by atoms with Crippen LogP contribution < -0.4 is 4.90 Å². The molecule has 1 amide bonds. The predicted molar refractivity (Wildman–Crippen MR) is 126 cm³/mol. The molecule has 5 nitrogen and oxygen atoms in total. The van der Waals surface area contributed by atoms with E-state index >= 15 is 0 Å². The molecule has 0 radical (unpaired) electrons. The van der Waals surface area contributed by atoms with Crippen molar-refractivity contribution < 1.29 is 9.32 Å². The van der Waals surface area contributed by atoms with Gasteiger partial charge in [0.2, 0.25) is 5.88 Å². The number of aryl methyl sites for hydroxylation is 1. The number of carbonyl (C=O) groups excluding carboxylic acids is 1. The van der Waals surface area contributed by atoms with Crippen LogP contribution in [0.25, 0.3) is 11.3 Å². The van der Waals surface area contributed by atoms with Gasteiger partial charge in [0.1, 0.15) is 5.69 Å². The summed E-state index contributed by atoms with van der Waals surface area (Å²) in [4.78, 5) is 17.8. The molecule has 0 bridgehead atoms. The number of thioether (sulfide) groups is 1. The van der Waals surface area contributed by atoms with Gasteiger partial charge >= 0.3 is 0 Å². The first kappa shape index (κ1) is 20.2. The smallest absolute Gasteiger partial charge is 0.254 e. The molecule has 2 aliphatic rings. The number of nitrogens with zero attached hydrogens (tertiary/aromatic N) is 3. The molecule has 1 aliphatic carbocycles. The van der Waals surface area contributed by atoms with Gasteiger partial charge < -0.3 is 14.3 Å². The lowest BCUT2D eigenvalue weighted by Crippen LogP contribution is -2.35. The number of aromatic nitrogens is 1. The highest BCUT2D eigenvalue weighted by atomic mass is 32.2. The number of rotatable bonds is 6. The maximum Gasteiger partial charge on any atom is 0.254 e. The van der Waals surface area contributed by atoms with Gasteiger partial charge in [0.25, 0.3) is 5.91 Å². The highest BCUT2D eigenvalue weighted by molar-refractivity contribution is 7.99. The van der Waals surface area contributed by atoms with Crippen LogP contribution in [0.15, 0.2) is 59.1 Å². The number of hydrogen-bond donors (Lipinski definition) is 0. The van der Waals surface area contributed by atoms with E-state index in [4.69, 9.17) is 4.52 Å². The minimum atomic E-state index is 0.0860. The minimum absolute atomic E-state index is 0.0860. The topological polar surface area (TPSA) is 49.6 Å². The van der Waals surface area contributed by atoms with Gasteiger partial charge in [-0.2, -0.15) is 11.8 Å². The third kappa shape index (κ3) is 4.35. The molecule has 6 heteroatoms. The van der Waals surface area contributed by atoms with Gasteiger partial charge in [0, 0.05) is 41.8 Å². The van der Waals surface area contributed by atoms with Gasteiger partial charge in [-0.3, -0.25) is 4.79 Å². The van der Waals surface area contributed by atoms with Crippen LogP contribution >= 0.6 is 11.8 Å². The average Bonchev–Trinajstić information content (AvgIpc) is 3.57. The van der Waals surface area contributed by atoms with E-state index in [0.717, 1.165) is 71.3 Å². The fourth-order valence-electron chi connectivity index (χ4n) is 4.07. The summed E-state index contributed by atoms with van der Waals surface area (Å²) in [6, 6.07) is 18.3. The van der Waals surface area contributed by atoms with Gasteiger partial charge in [0.05, 0.1) is 12.1 Å². The molecule has 0 N–H and O–H groups in total. The number of amides is 1. The first-order valence-corrected chi connectivity index (χ1v) is 12.1. The zero-order valence-electron chi connectivity index (χ0n) is 17.8. The Morgan fingerprint density at radius 2 is 1.81 bits per heavy atom. The Labute approximate surface area is 187 Å². The van der Waals surface area contributed by atoms with Crippen molar-refractivity contribution in [1.29, 1.82) is 0 Å². The Kier molecular flexibility index (Phi) is 5.72. The SMILES string of the molecule is Cc1ccc(C(=O)N(Cc2c(-c3ccccc3)noc2N2CCSCC2)C2CC2)cc1. The van der Waals surface area contributed by atoms with Crippen LogP contribution in [0.5, 0.6) is 0 Å². The van der Waals surface area contributed by atoms with E-state index in [1.165, 1.54) is 0 Å². The Hall–Kier alpha value is -2.73. The second-order valence-electron chi connectivity index (χ2n) is 8.31. The van der Waals surface area contributed by atoms with Crippen molar-refractivity contribution in [2.45, 2.75) is 32.4 Å². The maximum atomic E-state index is 13.5. The molecule has 5 rings (SSSR count). The van der Waals surface area contributed by atoms with E-state index < -0.39 is 0 Å². The molecule has 2 aromatic carbocycles. The van der Waals surface area contributed by atoms with Crippen molar-refractivity contribution in [3.63, 3.8) is 0 Å². The molecule has 3 aromatic rings. The van der Waals surface area contributed by atoms with Crippen molar-refractivity contribution in [2.24, 2.45) is 0 Å². The summed E-state index contributed by atoms with van der Waals surface area (Å²) in [5.41, 5.74) is 4.79. The standard InChI is InChI=1S/C25H27N3O2S/c1-18-7-9-20(10-8-18)24(29)28(21-11-12-21)17-22-23(19-5-3-2-4-6-19)26-30-25(22)27-13-15-31-16-14-27/h2-10,21H,11-17H2,1H3. The Balaban J connectivity index is 1.51. The van der Waals surface area contributed by atoms with Crippen molar-refractivity contribution in [1.82, 2.24) is 10.1 Å². The summed E-state index contributed by atoms with van der Waals surface area (Å²) in [7, 11) is 0. The summed E-state index contributed by atoms with van der Waals surface area (Å²) < 4.78 is 5.92. The zero-order chi connectivity index (χ0) is 21.2. The molecular weight excluding hydrogens is 406 g/mol. The van der Waals surface area contributed by atoms with Crippen molar-refractivity contribution in [3.8, 4) is 11.3 Å². The van der Waals surface area contributed by atoms with Crippen LogP contribution in [0.4, 0.5) is 5.88 Å². The number of anilines is 1. The molecule has 0 atom stereocenters. The first-order chi connectivity index (χ1) is 15.2. The van der Waals surface area contributed by atoms with E-state index in [2.05, 4.69) is 22.2 Å². The summed E-state index contributed by atoms with van der Waals surface area (Å²) in [5.74, 6) is 3.06. The van der Waals surface area contributed by atoms with Gasteiger partial charge in [-0.1, -0.05) is 53.2 Å². The van der Waals surface area contributed by atoms with Crippen molar-refractivity contribution in [2.75, 3.05) is 29.5 Å². The van der Waals surface area contributed by atoms with Gasteiger partial charge in [0.15, 0.2) is 0 Å².